The molecule has 230 valence electrons. The van der Waals surface area contributed by atoms with Crippen LogP contribution in [0.2, 0.25) is 0 Å². The molecule has 1 aliphatic heterocycles. The third-order valence-electron chi connectivity index (χ3n) is 7.18. The first-order valence-corrected chi connectivity index (χ1v) is 13.7. The SMILES string of the molecule is COCCCCOc1ccccc1C(=O)NCC(CC(N)C(O)CNC(=O)C(F)(F)C1CCOCC1)C(C)C.Cl. The standard InChI is InChI=1S/C28H45F2N3O6.ClH/c1-19(2)20(17-32-26(35)22-8-4-5-9-25(22)39-13-7-6-12-37-3)16-23(31)24(34)18-33-27(36)28(29,30)21-10-14-38-15-11-21;/h4-5,8-9,19-21,23-24,34H,6-7,10-18,31H2,1-3H3,(H,32,35)(H,33,36);1H. The van der Waals surface area contributed by atoms with Crippen LogP contribution < -0.4 is 21.1 Å². The molecule has 40 heavy (non-hydrogen) atoms. The Bertz CT molecular complexity index is 889. The van der Waals surface area contributed by atoms with Gasteiger partial charge >= 0.3 is 5.92 Å². The maximum Gasteiger partial charge on any atom is 0.327 e. The highest BCUT2D eigenvalue weighted by Gasteiger charge is 2.47. The molecule has 0 radical (unpaired) electrons. The minimum atomic E-state index is -3.54. The van der Waals surface area contributed by atoms with Gasteiger partial charge in [0, 0.05) is 52.0 Å². The van der Waals surface area contributed by atoms with Crippen molar-refractivity contribution < 1.29 is 37.7 Å². The Morgan fingerprint density at radius 2 is 1.77 bits per heavy atom. The van der Waals surface area contributed by atoms with E-state index >= 15 is 0 Å². The number of nitrogens with two attached hydrogens (primary N) is 1. The third-order valence-corrected chi connectivity index (χ3v) is 7.18. The van der Waals surface area contributed by atoms with Crippen LogP contribution in [0.25, 0.3) is 0 Å². The van der Waals surface area contributed by atoms with Crippen LogP contribution in [-0.4, -0.2) is 81.6 Å². The lowest BCUT2D eigenvalue weighted by Gasteiger charge is -2.30. The van der Waals surface area contributed by atoms with Crippen LogP contribution in [-0.2, 0) is 14.3 Å². The van der Waals surface area contributed by atoms with Gasteiger partial charge in [-0.3, -0.25) is 9.59 Å². The number of carbonyl (C=O) groups is 2. The van der Waals surface area contributed by atoms with Gasteiger partial charge in [0.1, 0.15) is 5.75 Å². The summed E-state index contributed by atoms with van der Waals surface area (Å²) in [7, 11) is 1.65. The fourth-order valence-corrected chi connectivity index (χ4v) is 4.44. The third kappa shape index (κ3) is 11.4. The van der Waals surface area contributed by atoms with Crippen molar-refractivity contribution in [1.29, 1.82) is 0 Å². The lowest BCUT2D eigenvalue weighted by atomic mass is 9.87. The molecule has 1 fully saturated rings. The number of aliphatic hydroxyl groups is 1. The summed E-state index contributed by atoms with van der Waals surface area (Å²) >= 11 is 0. The predicted octanol–water partition coefficient (Wildman–Crippen LogP) is 3.17. The van der Waals surface area contributed by atoms with E-state index in [0.29, 0.717) is 37.5 Å². The van der Waals surface area contributed by atoms with Crippen LogP contribution in [0.4, 0.5) is 8.78 Å². The smallest absolute Gasteiger partial charge is 0.327 e. The topological polar surface area (TPSA) is 132 Å². The molecular formula is C28H46ClF2N3O6. The van der Waals surface area contributed by atoms with Gasteiger partial charge in [0.25, 0.3) is 11.8 Å². The van der Waals surface area contributed by atoms with Crippen LogP contribution in [0.3, 0.4) is 0 Å². The molecule has 1 aliphatic rings. The Hall–Kier alpha value is -2.05. The molecule has 1 aromatic rings. The van der Waals surface area contributed by atoms with E-state index in [1.165, 1.54) is 0 Å². The van der Waals surface area contributed by atoms with E-state index in [1.54, 1.807) is 31.4 Å². The monoisotopic (exact) mass is 593 g/mol. The van der Waals surface area contributed by atoms with E-state index in [4.69, 9.17) is 19.9 Å². The largest absolute Gasteiger partial charge is 0.493 e. The minimum absolute atomic E-state index is 0. The van der Waals surface area contributed by atoms with E-state index in [1.807, 2.05) is 13.8 Å². The second-order valence-corrected chi connectivity index (χ2v) is 10.4. The molecule has 12 heteroatoms. The predicted molar refractivity (Wildman–Crippen MR) is 151 cm³/mol. The zero-order valence-electron chi connectivity index (χ0n) is 23.7. The fraction of sp³-hybridized carbons (Fsp3) is 0.714. The first-order chi connectivity index (χ1) is 18.6. The molecule has 9 nitrogen and oxygen atoms in total. The summed E-state index contributed by atoms with van der Waals surface area (Å²) in [6.45, 7) is 5.37. The molecule has 0 aromatic heterocycles. The van der Waals surface area contributed by atoms with E-state index in [9.17, 15) is 23.5 Å². The van der Waals surface area contributed by atoms with Gasteiger partial charge in [0.2, 0.25) is 0 Å². The number of para-hydroxylation sites is 1. The number of carbonyl (C=O) groups excluding carboxylic acids is 2. The number of benzene rings is 1. The highest BCUT2D eigenvalue weighted by Crippen LogP contribution is 2.32. The first kappa shape index (κ1) is 36.0. The second kappa shape index (κ2) is 18.4. The number of alkyl halides is 2. The summed E-state index contributed by atoms with van der Waals surface area (Å²) in [4.78, 5) is 25.1. The number of halogens is 3. The molecule has 0 saturated carbocycles. The van der Waals surface area contributed by atoms with Gasteiger partial charge in [-0.15, -0.1) is 12.4 Å². The van der Waals surface area contributed by atoms with E-state index in [0.717, 1.165) is 12.8 Å². The number of amides is 2. The highest BCUT2D eigenvalue weighted by atomic mass is 35.5. The molecule has 3 unspecified atom stereocenters. The van der Waals surface area contributed by atoms with Crippen molar-refractivity contribution in [2.45, 2.75) is 64.0 Å². The number of hydrogen-bond donors (Lipinski definition) is 4. The lowest BCUT2D eigenvalue weighted by molar-refractivity contribution is -0.160. The Morgan fingerprint density at radius 3 is 2.42 bits per heavy atom. The normalized spacial score (nSPS) is 16.5. The quantitative estimate of drug-likeness (QED) is 0.204. The number of methoxy groups -OCH3 is 1. The van der Waals surface area contributed by atoms with Crippen LogP contribution in [0.5, 0.6) is 5.75 Å². The molecule has 0 aliphatic carbocycles. The molecule has 1 aromatic carbocycles. The molecule has 3 atom stereocenters. The van der Waals surface area contributed by atoms with Crippen LogP contribution in [0, 0.1) is 17.8 Å². The minimum Gasteiger partial charge on any atom is -0.493 e. The zero-order chi connectivity index (χ0) is 28.8. The van der Waals surface area contributed by atoms with Gasteiger partial charge < -0.3 is 35.7 Å². The molecule has 1 heterocycles. The van der Waals surface area contributed by atoms with Crippen LogP contribution in [0.1, 0.15) is 56.3 Å². The van der Waals surface area contributed by atoms with E-state index < -0.39 is 29.9 Å². The summed E-state index contributed by atoms with van der Waals surface area (Å²) in [5, 5.41) is 15.6. The lowest BCUT2D eigenvalue weighted by Crippen LogP contribution is -2.51. The molecule has 0 bridgehead atoms. The van der Waals surface area contributed by atoms with E-state index in [2.05, 4.69) is 10.6 Å². The van der Waals surface area contributed by atoms with Crippen molar-refractivity contribution in [2.75, 3.05) is 46.6 Å². The second-order valence-electron chi connectivity index (χ2n) is 10.4. The molecule has 2 amide bonds. The molecule has 5 N–H and O–H groups in total. The maximum atomic E-state index is 14.5. The maximum absolute atomic E-state index is 14.5. The van der Waals surface area contributed by atoms with Gasteiger partial charge in [-0.25, -0.2) is 0 Å². The summed E-state index contributed by atoms with van der Waals surface area (Å²) in [6, 6.07) is 6.22. The number of hydrogen-bond acceptors (Lipinski definition) is 7. The highest BCUT2D eigenvalue weighted by molar-refractivity contribution is 5.96. The number of ether oxygens (including phenoxy) is 3. The number of unbranched alkanes of at least 4 members (excludes halogenated alkanes) is 1. The van der Waals surface area contributed by atoms with Crippen LogP contribution in [0.15, 0.2) is 24.3 Å². The number of aliphatic hydroxyl groups excluding tert-OH is 1. The first-order valence-electron chi connectivity index (χ1n) is 13.7. The zero-order valence-corrected chi connectivity index (χ0v) is 24.5. The van der Waals surface area contributed by atoms with Crippen molar-refractivity contribution in [3.05, 3.63) is 29.8 Å². The van der Waals surface area contributed by atoms with Gasteiger partial charge in [-0.2, -0.15) is 8.78 Å². The van der Waals surface area contributed by atoms with Crippen molar-refractivity contribution in [3.63, 3.8) is 0 Å². The van der Waals surface area contributed by atoms with Gasteiger partial charge in [-0.05, 0) is 56.1 Å². The van der Waals surface area contributed by atoms with Crippen molar-refractivity contribution >= 4 is 24.2 Å². The molecule has 0 spiro atoms. The van der Waals surface area contributed by atoms with Gasteiger partial charge in [0.05, 0.1) is 18.3 Å². The molecule has 1 saturated heterocycles. The number of nitrogens with one attached hydrogen (secondary N) is 2. The molecule has 2 rings (SSSR count). The van der Waals surface area contributed by atoms with Crippen LogP contribution >= 0.6 is 12.4 Å². The summed E-state index contributed by atoms with van der Waals surface area (Å²) in [5.74, 6) is -5.81. The van der Waals surface area contributed by atoms with Gasteiger partial charge in [0.15, 0.2) is 0 Å². The molecular weight excluding hydrogens is 548 g/mol. The summed E-state index contributed by atoms with van der Waals surface area (Å²) in [6.07, 6.45) is 0.971. The fourth-order valence-electron chi connectivity index (χ4n) is 4.44. The summed E-state index contributed by atoms with van der Waals surface area (Å²) < 4.78 is 44.9. The average Bonchev–Trinajstić information content (AvgIpc) is 2.93. The van der Waals surface area contributed by atoms with Crippen molar-refractivity contribution in [3.8, 4) is 5.75 Å². The Kier molecular flexibility index (Phi) is 16.5. The average molecular weight is 594 g/mol. The van der Waals surface area contributed by atoms with E-state index in [-0.39, 0.29) is 62.8 Å². The Balaban J connectivity index is 0.00000800. The number of rotatable bonds is 17. The Morgan fingerprint density at radius 1 is 1.12 bits per heavy atom. The van der Waals surface area contributed by atoms with Crippen molar-refractivity contribution in [2.24, 2.45) is 23.5 Å². The summed E-state index contributed by atoms with van der Waals surface area (Å²) in [5.41, 5.74) is 6.60. The Labute approximate surface area is 242 Å². The van der Waals surface area contributed by atoms with Crippen molar-refractivity contribution in [1.82, 2.24) is 10.6 Å². The van der Waals surface area contributed by atoms with Gasteiger partial charge in [-0.1, -0.05) is 26.0 Å².